The topological polar surface area (TPSA) is 49.6 Å². The van der Waals surface area contributed by atoms with Crippen LogP contribution in [0.1, 0.15) is 45.1 Å². The summed E-state index contributed by atoms with van der Waals surface area (Å²) >= 11 is 0. The molecule has 0 spiro atoms. The van der Waals surface area contributed by atoms with E-state index in [-0.39, 0.29) is 11.9 Å². The van der Waals surface area contributed by atoms with Crippen molar-refractivity contribution in [3.8, 4) is 0 Å². The van der Waals surface area contributed by atoms with E-state index < -0.39 is 0 Å². The molecule has 0 saturated carbocycles. The molecule has 0 radical (unpaired) electrons. The van der Waals surface area contributed by atoms with Crippen molar-refractivity contribution in [1.29, 1.82) is 0 Å². The lowest BCUT2D eigenvalue weighted by molar-refractivity contribution is -0.132. The summed E-state index contributed by atoms with van der Waals surface area (Å²) in [5.74, 6) is 0.743. The van der Waals surface area contributed by atoms with E-state index in [1.807, 2.05) is 4.90 Å². The van der Waals surface area contributed by atoms with Crippen molar-refractivity contribution in [3.63, 3.8) is 0 Å². The maximum Gasteiger partial charge on any atom is 0.224 e. The number of rotatable bonds is 4. The fourth-order valence-corrected chi connectivity index (χ4v) is 4.14. The Kier molecular flexibility index (Phi) is 5.44. The predicted molar refractivity (Wildman–Crippen MR) is 99.1 cm³/mol. The van der Waals surface area contributed by atoms with Crippen LogP contribution in [0.3, 0.4) is 0 Å². The maximum atomic E-state index is 12.7. The Morgan fingerprint density at radius 2 is 2.12 bits per heavy atom. The number of anilines is 1. The molecule has 1 aromatic rings. The zero-order valence-electron chi connectivity index (χ0n) is 15.1. The Bertz CT molecular complexity index is 572. The minimum Gasteiger partial charge on any atom is -0.368 e. The lowest BCUT2D eigenvalue weighted by Gasteiger charge is -2.38. The van der Waals surface area contributed by atoms with Crippen molar-refractivity contribution >= 4 is 11.6 Å². The van der Waals surface area contributed by atoms with Crippen LogP contribution in [0.2, 0.25) is 0 Å². The van der Waals surface area contributed by atoms with Crippen LogP contribution in [0.4, 0.5) is 5.69 Å². The molecule has 3 atom stereocenters. The molecule has 4 heteroatoms. The van der Waals surface area contributed by atoms with Gasteiger partial charge in [-0.05, 0) is 57.1 Å². The van der Waals surface area contributed by atoms with Gasteiger partial charge in [0.05, 0.1) is 0 Å². The molecule has 1 saturated heterocycles. The summed E-state index contributed by atoms with van der Waals surface area (Å²) in [7, 11) is 0. The van der Waals surface area contributed by atoms with Crippen LogP contribution in [0, 0.1) is 5.92 Å². The van der Waals surface area contributed by atoms with Gasteiger partial charge in [0.15, 0.2) is 0 Å². The van der Waals surface area contributed by atoms with Gasteiger partial charge in [0, 0.05) is 43.8 Å². The largest absolute Gasteiger partial charge is 0.368 e. The molecule has 0 aliphatic carbocycles. The van der Waals surface area contributed by atoms with E-state index in [0.717, 1.165) is 38.9 Å². The first-order chi connectivity index (χ1) is 11.6. The Labute approximate surface area is 146 Å². The van der Waals surface area contributed by atoms with Crippen molar-refractivity contribution in [1.82, 2.24) is 4.90 Å². The van der Waals surface area contributed by atoms with Gasteiger partial charge < -0.3 is 15.5 Å². The minimum absolute atomic E-state index is 0.176. The van der Waals surface area contributed by atoms with Crippen molar-refractivity contribution in [3.05, 3.63) is 29.8 Å². The molecule has 2 heterocycles. The Morgan fingerprint density at radius 1 is 1.33 bits per heavy atom. The molecule has 2 N–H and O–H groups in total. The van der Waals surface area contributed by atoms with Crippen molar-refractivity contribution in [2.24, 2.45) is 11.7 Å². The molecule has 0 unspecified atom stereocenters. The number of hydrogen-bond acceptors (Lipinski definition) is 3. The second kappa shape index (κ2) is 7.56. The molecule has 1 amide bonds. The van der Waals surface area contributed by atoms with E-state index in [1.165, 1.54) is 17.7 Å². The van der Waals surface area contributed by atoms with E-state index in [0.29, 0.717) is 18.4 Å². The predicted octanol–water partition coefficient (Wildman–Crippen LogP) is 2.80. The van der Waals surface area contributed by atoms with Crippen molar-refractivity contribution in [2.75, 3.05) is 24.5 Å². The van der Waals surface area contributed by atoms with E-state index >= 15 is 0 Å². The fourth-order valence-electron chi connectivity index (χ4n) is 4.14. The van der Waals surface area contributed by atoms with E-state index in [2.05, 4.69) is 43.0 Å². The van der Waals surface area contributed by atoms with Crippen molar-refractivity contribution < 1.29 is 4.79 Å². The lowest BCUT2D eigenvalue weighted by Crippen LogP contribution is -2.46. The first kappa shape index (κ1) is 17.3. The second-order valence-corrected chi connectivity index (χ2v) is 7.56. The van der Waals surface area contributed by atoms with Gasteiger partial charge >= 0.3 is 0 Å². The summed E-state index contributed by atoms with van der Waals surface area (Å²) in [6.07, 6.45) is 5.15. The molecule has 0 aromatic heterocycles. The highest BCUT2D eigenvalue weighted by molar-refractivity contribution is 5.77. The Balaban J connectivity index is 1.60. The van der Waals surface area contributed by atoms with Gasteiger partial charge in [-0.25, -0.2) is 0 Å². The standard InChI is InChI=1S/C20H31N3O/c1-15-9-10-17-6-3-4-8-19(17)23(15)13-11-20(24)22-12-5-7-18(14-22)16(2)21/h3-4,6,8,15-16,18H,5,7,9-14,21H2,1-2H3/t15-,16-,18-/m0/s1. The smallest absolute Gasteiger partial charge is 0.224 e. The van der Waals surface area contributed by atoms with Crippen LogP contribution in [-0.4, -0.2) is 42.5 Å². The molecule has 4 nitrogen and oxygen atoms in total. The summed E-state index contributed by atoms with van der Waals surface area (Å²) in [6.45, 7) is 6.88. The number of nitrogens with two attached hydrogens (primary N) is 1. The zero-order valence-corrected chi connectivity index (χ0v) is 15.1. The molecule has 24 heavy (non-hydrogen) atoms. The van der Waals surface area contributed by atoms with Crippen LogP contribution in [0.5, 0.6) is 0 Å². The number of benzene rings is 1. The fraction of sp³-hybridized carbons (Fsp3) is 0.650. The number of carbonyl (C=O) groups excluding carboxylic acids is 1. The van der Waals surface area contributed by atoms with Gasteiger partial charge in [-0.3, -0.25) is 4.79 Å². The first-order valence-corrected chi connectivity index (χ1v) is 9.44. The number of piperidine rings is 1. The summed E-state index contributed by atoms with van der Waals surface area (Å²) in [4.78, 5) is 17.1. The lowest BCUT2D eigenvalue weighted by atomic mass is 9.92. The molecular weight excluding hydrogens is 298 g/mol. The van der Waals surface area contributed by atoms with Gasteiger partial charge in [0.2, 0.25) is 5.91 Å². The average molecular weight is 329 g/mol. The van der Waals surface area contributed by atoms with Gasteiger partial charge in [0.25, 0.3) is 0 Å². The van der Waals surface area contributed by atoms with Gasteiger partial charge in [-0.2, -0.15) is 0 Å². The highest BCUT2D eigenvalue weighted by atomic mass is 16.2. The number of fused-ring (bicyclic) bond motifs is 1. The molecule has 2 aliphatic heterocycles. The van der Waals surface area contributed by atoms with Crippen molar-refractivity contribution in [2.45, 2.75) is 58.0 Å². The third kappa shape index (κ3) is 3.75. The van der Waals surface area contributed by atoms with Gasteiger partial charge in [-0.1, -0.05) is 18.2 Å². The van der Waals surface area contributed by atoms with Crippen LogP contribution < -0.4 is 10.6 Å². The van der Waals surface area contributed by atoms with Gasteiger partial charge in [0.1, 0.15) is 0 Å². The number of para-hydroxylation sites is 1. The number of nitrogens with zero attached hydrogens (tertiary/aromatic N) is 2. The quantitative estimate of drug-likeness (QED) is 0.924. The van der Waals surface area contributed by atoms with Crippen LogP contribution in [-0.2, 0) is 11.2 Å². The minimum atomic E-state index is 0.176. The molecular formula is C20H31N3O. The summed E-state index contributed by atoms with van der Waals surface area (Å²) in [5.41, 5.74) is 8.78. The molecule has 3 rings (SSSR count). The van der Waals surface area contributed by atoms with E-state index in [4.69, 9.17) is 5.73 Å². The summed E-state index contributed by atoms with van der Waals surface area (Å²) < 4.78 is 0. The maximum absolute atomic E-state index is 12.7. The highest BCUT2D eigenvalue weighted by Gasteiger charge is 2.27. The van der Waals surface area contributed by atoms with Gasteiger partial charge in [-0.15, -0.1) is 0 Å². The van der Waals surface area contributed by atoms with E-state index in [1.54, 1.807) is 0 Å². The van der Waals surface area contributed by atoms with Crippen LogP contribution >= 0.6 is 0 Å². The van der Waals surface area contributed by atoms with E-state index in [9.17, 15) is 4.79 Å². The number of likely N-dealkylation sites (tertiary alicyclic amines) is 1. The average Bonchev–Trinajstić information content (AvgIpc) is 2.60. The molecule has 1 fully saturated rings. The number of amides is 1. The summed E-state index contributed by atoms with van der Waals surface area (Å²) in [6, 6.07) is 9.31. The summed E-state index contributed by atoms with van der Waals surface area (Å²) in [5, 5.41) is 0. The molecule has 0 bridgehead atoms. The SMILES string of the molecule is C[C@H](N)[C@H]1CCCN(C(=O)CCN2c3ccccc3CC[C@@H]2C)C1. The monoisotopic (exact) mass is 329 g/mol. The second-order valence-electron chi connectivity index (χ2n) is 7.56. The molecule has 1 aromatic carbocycles. The number of hydrogen-bond donors (Lipinski definition) is 1. The Hall–Kier alpha value is -1.55. The normalized spacial score (nSPS) is 25.3. The number of carbonyl (C=O) groups is 1. The third-order valence-corrected chi connectivity index (χ3v) is 5.79. The first-order valence-electron chi connectivity index (χ1n) is 9.44. The third-order valence-electron chi connectivity index (χ3n) is 5.79. The van der Waals surface area contributed by atoms with Crippen LogP contribution in [0.15, 0.2) is 24.3 Å². The Morgan fingerprint density at radius 3 is 2.92 bits per heavy atom. The van der Waals surface area contributed by atoms with Crippen LogP contribution in [0.25, 0.3) is 0 Å². The zero-order chi connectivity index (χ0) is 17.1. The molecule has 132 valence electrons. The number of aryl methyl sites for hydroxylation is 1. The molecule has 2 aliphatic rings. The highest BCUT2D eigenvalue weighted by Crippen LogP contribution is 2.30.